The Morgan fingerprint density at radius 1 is 1.23 bits per heavy atom. The highest BCUT2D eigenvalue weighted by Gasteiger charge is 2.35. The average Bonchev–Trinajstić information content (AvgIpc) is 3.42. The first kappa shape index (κ1) is 24.7. The molecule has 0 aliphatic heterocycles. The molecule has 9 nitrogen and oxygen atoms in total. The lowest BCUT2D eigenvalue weighted by Gasteiger charge is -2.11. The third-order valence-corrected chi connectivity index (χ3v) is 7.00. The number of aryl methyl sites for hydroxylation is 3. The molecule has 0 bridgehead atoms. The number of anilines is 1. The molecule has 0 spiro atoms. The van der Waals surface area contributed by atoms with Crippen molar-refractivity contribution in [3.8, 4) is 11.1 Å². The molecule has 2 amide bonds. The van der Waals surface area contributed by atoms with Gasteiger partial charge < -0.3 is 11.1 Å². The zero-order valence-electron chi connectivity index (χ0n) is 18.9. The maximum absolute atomic E-state index is 13.7. The van der Waals surface area contributed by atoms with Gasteiger partial charge in [-0.05, 0) is 32.4 Å². The molecule has 0 saturated carbocycles. The fourth-order valence-corrected chi connectivity index (χ4v) is 4.85. The maximum Gasteiger partial charge on any atom is 0.433 e. The topological polar surface area (TPSA) is 121 Å². The number of nitrogens with two attached hydrogens (primary N) is 1. The summed E-state index contributed by atoms with van der Waals surface area (Å²) in [7, 11) is 1.60. The first-order valence-corrected chi connectivity index (χ1v) is 11.4. The van der Waals surface area contributed by atoms with Gasteiger partial charge >= 0.3 is 6.18 Å². The summed E-state index contributed by atoms with van der Waals surface area (Å²) in [5.41, 5.74) is 5.67. The third kappa shape index (κ3) is 4.25. The second-order valence-electron chi connectivity index (χ2n) is 7.71. The van der Waals surface area contributed by atoms with Crippen molar-refractivity contribution in [2.24, 2.45) is 12.8 Å². The number of rotatable bonds is 5. The minimum Gasteiger partial charge on any atom is -0.365 e. The molecule has 4 heterocycles. The molecule has 184 valence electrons. The largest absolute Gasteiger partial charge is 0.433 e. The number of hydrogen-bond acceptors (Lipinski definition) is 6. The Kier molecular flexibility index (Phi) is 6.09. The zero-order chi connectivity index (χ0) is 25.8. The number of nitrogens with zero attached hydrogens (tertiary/aromatic N) is 5. The number of alkyl halides is 3. The number of pyridine rings is 1. The van der Waals surface area contributed by atoms with E-state index in [9.17, 15) is 22.8 Å². The zero-order valence-corrected chi connectivity index (χ0v) is 20.5. The van der Waals surface area contributed by atoms with Crippen LogP contribution in [-0.2, 0) is 19.8 Å². The number of hydrogen-bond donors (Lipinski definition) is 2. The van der Waals surface area contributed by atoms with E-state index in [2.05, 4.69) is 20.5 Å². The van der Waals surface area contributed by atoms with Crippen LogP contribution in [0.5, 0.6) is 0 Å². The molecule has 0 aliphatic carbocycles. The maximum atomic E-state index is 13.7. The average molecular weight is 526 g/mol. The van der Waals surface area contributed by atoms with E-state index in [1.807, 2.05) is 6.92 Å². The number of aromatic nitrogens is 5. The van der Waals surface area contributed by atoms with Crippen LogP contribution in [0.15, 0.2) is 12.3 Å². The fraction of sp³-hybridized carbons (Fsp3) is 0.286. The van der Waals surface area contributed by atoms with Gasteiger partial charge in [0.1, 0.15) is 15.4 Å². The van der Waals surface area contributed by atoms with Gasteiger partial charge in [0.05, 0.1) is 22.1 Å². The SMILES string of the molecule is CCn1cc(-c2cc(C(F)(F)F)nc3sc(C(N)=O)c(NC(=O)c4nn(C)c(C)c4Cl)c23)c(C)n1. The number of fused-ring (bicyclic) bond motifs is 1. The Labute approximate surface area is 205 Å². The summed E-state index contributed by atoms with van der Waals surface area (Å²) < 4.78 is 44.1. The Bertz CT molecular complexity index is 1500. The van der Waals surface area contributed by atoms with Crippen LogP contribution in [0.2, 0.25) is 5.02 Å². The molecule has 0 radical (unpaired) electrons. The van der Waals surface area contributed by atoms with Gasteiger partial charge in [-0.15, -0.1) is 11.3 Å². The number of amides is 2. The predicted molar refractivity (Wildman–Crippen MR) is 126 cm³/mol. The molecule has 0 fully saturated rings. The van der Waals surface area contributed by atoms with Crippen molar-refractivity contribution in [2.45, 2.75) is 33.5 Å². The number of carbonyl (C=O) groups is 2. The van der Waals surface area contributed by atoms with E-state index < -0.39 is 23.7 Å². The highest BCUT2D eigenvalue weighted by molar-refractivity contribution is 7.21. The van der Waals surface area contributed by atoms with Crippen LogP contribution < -0.4 is 11.1 Å². The lowest BCUT2D eigenvalue weighted by Crippen LogP contribution is -2.17. The Balaban J connectivity index is 2.01. The summed E-state index contributed by atoms with van der Waals surface area (Å²) in [5, 5.41) is 11.2. The van der Waals surface area contributed by atoms with Crippen molar-refractivity contribution in [2.75, 3.05) is 5.32 Å². The van der Waals surface area contributed by atoms with Gasteiger partial charge in [-0.25, -0.2) is 4.98 Å². The molecule has 0 aliphatic rings. The molecule has 0 unspecified atom stereocenters. The molecule has 0 saturated heterocycles. The van der Waals surface area contributed by atoms with Crippen molar-refractivity contribution in [1.29, 1.82) is 0 Å². The Hall–Kier alpha value is -3.45. The van der Waals surface area contributed by atoms with Crippen LogP contribution in [0.25, 0.3) is 21.3 Å². The summed E-state index contributed by atoms with van der Waals surface area (Å²) in [4.78, 5) is 28.8. The molecule has 4 rings (SSSR count). The van der Waals surface area contributed by atoms with Gasteiger partial charge in [-0.1, -0.05) is 11.6 Å². The van der Waals surface area contributed by atoms with Crippen LogP contribution in [0.4, 0.5) is 18.9 Å². The lowest BCUT2D eigenvalue weighted by atomic mass is 10.0. The second kappa shape index (κ2) is 8.64. The highest BCUT2D eigenvalue weighted by Crippen LogP contribution is 2.44. The molecular formula is C21H19ClF3N7O2S. The van der Waals surface area contributed by atoms with Crippen LogP contribution in [-0.4, -0.2) is 36.4 Å². The first-order chi connectivity index (χ1) is 16.3. The predicted octanol–water partition coefficient (Wildman–Crippen LogP) is 4.55. The van der Waals surface area contributed by atoms with Crippen molar-refractivity contribution in [3.63, 3.8) is 0 Å². The van der Waals surface area contributed by atoms with Gasteiger partial charge in [0.15, 0.2) is 5.69 Å². The van der Waals surface area contributed by atoms with E-state index in [0.29, 0.717) is 34.8 Å². The molecule has 0 aromatic carbocycles. The van der Waals surface area contributed by atoms with E-state index in [4.69, 9.17) is 17.3 Å². The number of thiophene rings is 1. The second-order valence-corrected chi connectivity index (χ2v) is 9.09. The summed E-state index contributed by atoms with van der Waals surface area (Å²) in [6, 6.07) is 0.872. The van der Waals surface area contributed by atoms with Gasteiger partial charge in [0.2, 0.25) is 0 Å². The monoisotopic (exact) mass is 525 g/mol. The van der Waals surface area contributed by atoms with Crippen molar-refractivity contribution in [3.05, 3.63) is 44.9 Å². The van der Waals surface area contributed by atoms with Crippen LogP contribution in [0.1, 0.15) is 44.2 Å². The number of primary amides is 1. The normalized spacial score (nSPS) is 11.9. The van der Waals surface area contributed by atoms with E-state index in [1.54, 1.807) is 31.8 Å². The number of carbonyl (C=O) groups excluding carboxylic acids is 2. The fourth-order valence-electron chi connectivity index (χ4n) is 3.59. The lowest BCUT2D eigenvalue weighted by molar-refractivity contribution is -0.140. The van der Waals surface area contributed by atoms with E-state index in [0.717, 1.165) is 6.07 Å². The van der Waals surface area contributed by atoms with Crippen LogP contribution in [0, 0.1) is 13.8 Å². The van der Waals surface area contributed by atoms with E-state index >= 15 is 0 Å². The van der Waals surface area contributed by atoms with Gasteiger partial charge in [0, 0.05) is 30.7 Å². The molecule has 4 aromatic rings. The summed E-state index contributed by atoms with van der Waals surface area (Å²) >= 11 is 6.88. The molecule has 3 N–H and O–H groups in total. The minimum absolute atomic E-state index is 0.0678. The Morgan fingerprint density at radius 3 is 2.43 bits per heavy atom. The molecule has 0 atom stereocenters. The number of nitrogens with one attached hydrogen (secondary N) is 1. The van der Waals surface area contributed by atoms with Crippen LogP contribution >= 0.6 is 22.9 Å². The van der Waals surface area contributed by atoms with E-state index in [1.165, 1.54) is 4.68 Å². The van der Waals surface area contributed by atoms with Crippen molar-refractivity contribution >= 4 is 50.7 Å². The highest BCUT2D eigenvalue weighted by atomic mass is 35.5. The summed E-state index contributed by atoms with van der Waals surface area (Å²) in [6.07, 6.45) is -3.16. The standard InChI is InChI=1S/C21H19ClF3N7O2S/c1-5-32-7-11(8(2)29-32)10-6-12(21(23,24)25)27-20-13(10)15(17(35-20)18(26)33)28-19(34)16-14(22)9(3)31(4)30-16/h6-7H,5H2,1-4H3,(H2,26,33)(H,28,34). The minimum atomic E-state index is -4.75. The van der Waals surface area contributed by atoms with Crippen molar-refractivity contribution < 1.29 is 22.8 Å². The summed E-state index contributed by atoms with van der Waals surface area (Å²) in [5.74, 6) is -1.69. The van der Waals surface area contributed by atoms with Gasteiger partial charge in [0.25, 0.3) is 11.8 Å². The molecule has 14 heteroatoms. The van der Waals surface area contributed by atoms with Gasteiger partial charge in [-0.2, -0.15) is 23.4 Å². The molecule has 35 heavy (non-hydrogen) atoms. The van der Waals surface area contributed by atoms with Crippen LogP contribution in [0.3, 0.4) is 0 Å². The van der Waals surface area contributed by atoms with E-state index in [-0.39, 0.29) is 37.1 Å². The number of halogens is 4. The quantitative estimate of drug-likeness (QED) is 0.396. The molecule has 4 aromatic heterocycles. The smallest absolute Gasteiger partial charge is 0.365 e. The van der Waals surface area contributed by atoms with Crippen molar-refractivity contribution in [1.82, 2.24) is 24.5 Å². The van der Waals surface area contributed by atoms with Gasteiger partial charge in [-0.3, -0.25) is 19.0 Å². The third-order valence-electron chi connectivity index (χ3n) is 5.45. The summed E-state index contributed by atoms with van der Waals surface area (Å²) in [6.45, 7) is 5.63. The molecular weight excluding hydrogens is 507 g/mol. The Morgan fingerprint density at radius 2 is 1.91 bits per heavy atom. The first-order valence-electron chi connectivity index (χ1n) is 10.2.